The fraction of sp³-hybridized carbons (Fsp3) is 0.100. The van der Waals surface area contributed by atoms with Crippen molar-refractivity contribution in [2.75, 3.05) is 5.32 Å². The normalized spacial score (nSPS) is 10.4. The molecule has 148 valence electrons. The van der Waals surface area contributed by atoms with Crippen LogP contribution < -0.4 is 10.1 Å². The molecular weight excluding hydrogens is 398 g/mol. The number of benzene rings is 3. The summed E-state index contributed by atoms with van der Waals surface area (Å²) >= 11 is 6.28. The average Bonchev–Trinajstić information content (AvgIpc) is 2.72. The third-order valence-corrected chi connectivity index (χ3v) is 4.41. The van der Waals surface area contributed by atoms with Gasteiger partial charge in [0, 0.05) is 36.5 Å². The van der Waals surface area contributed by atoms with E-state index in [9.17, 15) is 20.2 Å². The van der Waals surface area contributed by atoms with Crippen molar-refractivity contribution in [2.45, 2.75) is 13.2 Å². The molecule has 0 saturated heterocycles. The van der Waals surface area contributed by atoms with E-state index in [2.05, 4.69) is 5.32 Å². The predicted octanol–water partition coefficient (Wildman–Crippen LogP) is 5.35. The van der Waals surface area contributed by atoms with Gasteiger partial charge in [-0.3, -0.25) is 20.2 Å². The maximum absolute atomic E-state index is 10.7. The zero-order valence-corrected chi connectivity index (χ0v) is 15.8. The summed E-state index contributed by atoms with van der Waals surface area (Å²) in [5.41, 5.74) is 2.52. The first-order valence-corrected chi connectivity index (χ1v) is 8.93. The van der Waals surface area contributed by atoms with Crippen molar-refractivity contribution in [3.63, 3.8) is 0 Å². The zero-order valence-electron chi connectivity index (χ0n) is 15.1. The minimum absolute atomic E-state index is 0.0247. The number of nitro benzene ring substituents is 2. The number of halogens is 1. The number of rotatable bonds is 8. The van der Waals surface area contributed by atoms with Gasteiger partial charge in [0.05, 0.1) is 14.9 Å². The van der Waals surface area contributed by atoms with Crippen LogP contribution in [0.1, 0.15) is 11.1 Å². The number of hydrogen-bond donors (Lipinski definition) is 1. The van der Waals surface area contributed by atoms with E-state index in [1.807, 2.05) is 6.07 Å². The largest absolute Gasteiger partial charge is 0.487 e. The van der Waals surface area contributed by atoms with Crippen molar-refractivity contribution in [1.82, 2.24) is 0 Å². The second-order valence-corrected chi connectivity index (χ2v) is 6.54. The number of ether oxygens (including phenoxy) is 1. The van der Waals surface area contributed by atoms with Crippen molar-refractivity contribution in [1.29, 1.82) is 0 Å². The third-order valence-electron chi connectivity index (χ3n) is 4.11. The highest BCUT2D eigenvalue weighted by Gasteiger charge is 2.07. The van der Waals surface area contributed by atoms with E-state index in [1.165, 1.54) is 24.3 Å². The Hall–Kier alpha value is -3.65. The van der Waals surface area contributed by atoms with Crippen molar-refractivity contribution in [2.24, 2.45) is 0 Å². The molecule has 0 heterocycles. The summed E-state index contributed by atoms with van der Waals surface area (Å²) in [5.74, 6) is 0.504. The first kappa shape index (κ1) is 20.1. The highest BCUT2D eigenvalue weighted by Crippen LogP contribution is 2.27. The molecule has 0 aliphatic carbocycles. The first-order chi connectivity index (χ1) is 13.9. The third kappa shape index (κ3) is 5.43. The number of nitro groups is 2. The Morgan fingerprint density at radius 3 is 1.93 bits per heavy atom. The van der Waals surface area contributed by atoms with Crippen LogP contribution in [0.3, 0.4) is 0 Å². The van der Waals surface area contributed by atoms with E-state index in [-0.39, 0.29) is 18.0 Å². The molecule has 3 aromatic rings. The molecule has 0 saturated carbocycles. The molecule has 1 N–H and O–H groups in total. The monoisotopic (exact) mass is 413 g/mol. The Labute approximate surface area is 171 Å². The van der Waals surface area contributed by atoms with E-state index < -0.39 is 9.85 Å². The Kier molecular flexibility index (Phi) is 6.25. The Morgan fingerprint density at radius 1 is 0.828 bits per heavy atom. The molecule has 29 heavy (non-hydrogen) atoms. The molecule has 0 fully saturated rings. The minimum atomic E-state index is -0.453. The van der Waals surface area contributed by atoms with Gasteiger partial charge in [0.2, 0.25) is 0 Å². The summed E-state index contributed by atoms with van der Waals surface area (Å²) < 4.78 is 5.69. The van der Waals surface area contributed by atoms with Crippen LogP contribution in [0.2, 0.25) is 5.02 Å². The Balaban J connectivity index is 1.56. The van der Waals surface area contributed by atoms with Crippen molar-refractivity contribution >= 4 is 28.7 Å². The molecule has 3 rings (SSSR count). The van der Waals surface area contributed by atoms with E-state index in [1.54, 1.807) is 36.4 Å². The van der Waals surface area contributed by atoms with Crippen LogP contribution in [-0.4, -0.2) is 9.85 Å². The molecular formula is C20H16ClN3O5. The molecule has 0 spiro atoms. The maximum Gasteiger partial charge on any atom is 0.269 e. The lowest BCUT2D eigenvalue weighted by Crippen LogP contribution is -2.01. The average molecular weight is 414 g/mol. The van der Waals surface area contributed by atoms with Crippen LogP contribution in [0.4, 0.5) is 17.1 Å². The molecule has 0 amide bonds. The summed E-state index contributed by atoms with van der Waals surface area (Å²) in [7, 11) is 0. The Bertz CT molecular complexity index is 1020. The van der Waals surface area contributed by atoms with Gasteiger partial charge in [0.15, 0.2) is 0 Å². The maximum atomic E-state index is 10.7. The van der Waals surface area contributed by atoms with E-state index in [0.717, 1.165) is 16.8 Å². The highest BCUT2D eigenvalue weighted by atomic mass is 35.5. The molecule has 9 heteroatoms. The highest BCUT2D eigenvalue weighted by molar-refractivity contribution is 6.32. The van der Waals surface area contributed by atoms with Crippen molar-refractivity contribution in [3.05, 3.63) is 103 Å². The first-order valence-electron chi connectivity index (χ1n) is 8.55. The van der Waals surface area contributed by atoms with Gasteiger partial charge in [0.1, 0.15) is 12.4 Å². The molecule has 0 unspecified atom stereocenters. The Morgan fingerprint density at radius 2 is 1.38 bits per heavy atom. The molecule has 8 nitrogen and oxygen atoms in total. The number of hydrogen-bond acceptors (Lipinski definition) is 6. The fourth-order valence-corrected chi connectivity index (χ4v) is 2.81. The fourth-order valence-electron chi connectivity index (χ4n) is 2.55. The standard InChI is InChI=1S/C20H16ClN3O5/c21-19-11-15(12-22-16-4-8-18(9-5-16)24(27)28)3-10-20(19)29-13-14-1-6-17(7-2-14)23(25)26/h1-11,22H,12-13H2. The number of nitrogens with zero attached hydrogens (tertiary/aromatic N) is 2. The van der Waals surface area contributed by atoms with Crippen LogP contribution in [0.25, 0.3) is 0 Å². The van der Waals surface area contributed by atoms with Crippen molar-refractivity contribution < 1.29 is 14.6 Å². The lowest BCUT2D eigenvalue weighted by molar-refractivity contribution is -0.385. The van der Waals surface area contributed by atoms with Crippen LogP contribution in [0.15, 0.2) is 66.7 Å². The summed E-state index contributed by atoms with van der Waals surface area (Å²) in [5, 5.41) is 25.0. The molecule has 0 aliphatic heterocycles. The quantitative estimate of drug-likeness (QED) is 0.394. The molecule has 0 atom stereocenters. The molecule has 0 aliphatic rings. The predicted molar refractivity (Wildman–Crippen MR) is 109 cm³/mol. The second-order valence-electron chi connectivity index (χ2n) is 6.13. The molecule has 0 bridgehead atoms. The van der Waals surface area contributed by atoms with Gasteiger partial charge < -0.3 is 10.1 Å². The summed E-state index contributed by atoms with van der Waals surface area (Å²) in [6, 6.07) is 17.6. The van der Waals surface area contributed by atoms with Gasteiger partial charge in [-0.25, -0.2) is 0 Å². The van der Waals surface area contributed by atoms with Crippen LogP contribution >= 0.6 is 11.6 Å². The number of anilines is 1. The van der Waals surface area contributed by atoms with Gasteiger partial charge in [-0.05, 0) is 47.5 Å². The van der Waals surface area contributed by atoms with Crippen LogP contribution in [-0.2, 0) is 13.2 Å². The van der Waals surface area contributed by atoms with E-state index in [4.69, 9.17) is 16.3 Å². The van der Waals surface area contributed by atoms with E-state index in [0.29, 0.717) is 17.3 Å². The minimum Gasteiger partial charge on any atom is -0.487 e. The zero-order chi connectivity index (χ0) is 20.8. The molecule has 3 aromatic carbocycles. The van der Waals surface area contributed by atoms with Crippen molar-refractivity contribution in [3.8, 4) is 5.75 Å². The van der Waals surface area contributed by atoms with Gasteiger partial charge in [-0.1, -0.05) is 17.7 Å². The van der Waals surface area contributed by atoms with Gasteiger partial charge in [-0.15, -0.1) is 0 Å². The topological polar surface area (TPSA) is 108 Å². The SMILES string of the molecule is O=[N+]([O-])c1ccc(COc2ccc(CNc3ccc([N+](=O)[O-])cc3)cc2Cl)cc1. The van der Waals surface area contributed by atoms with Crippen LogP contribution in [0.5, 0.6) is 5.75 Å². The second kappa shape index (κ2) is 9.03. The van der Waals surface area contributed by atoms with Gasteiger partial charge >= 0.3 is 0 Å². The lowest BCUT2D eigenvalue weighted by atomic mass is 10.2. The summed E-state index contributed by atoms with van der Waals surface area (Å²) in [6.45, 7) is 0.721. The van der Waals surface area contributed by atoms with Gasteiger partial charge in [0.25, 0.3) is 11.4 Å². The lowest BCUT2D eigenvalue weighted by Gasteiger charge is -2.11. The molecule has 0 radical (unpaired) electrons. The molecule has 0 aromatic heterocycles. The van der Waals surface area contributed by atoms with Gasteiger partial charge in [-0.2, -0.15) is 0 Å². The van der Waals surface area contributed by atoms with Crippen LogP contribution in [0, 0.1) is 20.2 Å². The summed E-state index contributed by atoms with van der Waals surface area (Å²) in [6.07, 6.45) is 0. The van der Waals surface area contributed by atoms with E-state index >= 15 is 0 Å². The smallest absolute Gasteiger partial charge is 0.269 e. The summed E-state index contributed by atoms with van der Waals surface area (Å²) in [4.78, 5) is 20.5. The number of non-ortho nitro benzene ring substituents is 2. The number of nitrogens with one attached hydrogen (secondary N) is 1.